The second kappa shape index (κ2) is 11.8. The van der Waals surface area contributed by atoms with Crippen molar-refractivity contribution in [1.82, 2.24) is 15.6 Å². The molecule has 32 heavy (non-hydrogen) atoms. The first-order chi connectivity index (χ1) is 15.2. The Bertz CT molecular complexity index is 959. The molecule has 2 rings (SSSR count). The molecule has 0 bridgehead atoms. The molecule has 0 aliphatic carbocycles. The fourth-order valence-corrected chi connectivity index (χ4v) is 3.34. The minimum Gasteiger partial charge on any atom is -0.480 e. The number of primary amides is 1. The van der Waals surface area contributed by atoms with E-state index in [-0.39, 0.29) is 12.8 Å². The van der Waals surface area contributed by atoms with Crippen LogP contribution in [0.4, 0.5) is 0 Å². The molecule has 2 aromatic rings. The van der Waals surface area contributed by atoms with Gasteiger partial charge in [0.25, 0.3) is 0 Å². The largest absolute Gasteiger partial charge is 0.480 e. The van der Waals surface area contributed by atoms with Gasteiger partial charge in [-0.3, -0.25) is 14.4 Å². The van der Waals surface area contributed by atoms with Crippen molar-refractivity contribution in [3.05, 3.63) is 36.0 Å². The number of benzene rings is 1. The summed E-state index contributed by atoms with van der Waals surface area (Å²) in [6.45, 7) is 0.405. The van der Waals surface area contributed by atoms with Crippen molar-refractivity contribution in [3.8, 4) is 0 Å². The van der Waals surface area contributed by atoms with E-state index in [9.17, 15) is 24.3 Å². The van der Waals surface area contributed by atoms with Crippen molar-refractivity contribution in [2.75, 3.05) is 6.54 Å². The SMILES string of the molecule is NCCCCC(NC(=O)C(N)Cc1c[nH]c2ccccc12)C(=O)NC(CC(N)=O)C(=O)O. The van der Waals surface area contributed by atoms with E-state index < -0.39 is 48.2 Å². The van der Waals surface area contributed by atoms with Gasteiger partial charge in [-0.1, -0.05) is 18.2 Å². The molecule has 11 nitrogen and oxygen atoms in total. The molecule has 3 amide bonds. The zero-order chi connectivity index (χ0) is 23.7. The number of para-hydroxylation sites is 1. The van der Waals surface area contributed by atoms with Crippen LogP contribution in [0, 0.1) is 0 Å². The first-order valence-corrected chi connectivity index (χ1v) is 10.4. The summed E-state index contributed by atoms with van der Waals surface area (Å²) < 4.78 is 0. The maximum absolute atomic E-state index is 12.7. The van der Waals surface area contributed by atoms with E-state index in [2.05, 4.69) is 15.6 Å². The average molecular weight is 447 g/mol. The number of aliphatic carboxylic acids is 1. The number of rotatable bonds is 13. The average Bonchev–Trinajstić information content (AvgIpc) is 3.15. The van der Waals surface area contributed by atoms with Crippen LogP contribution in [0.15, 0.2) is 30.5 Å². The highest BCUT2D eigenvalue weighted by atomic mass is 16.4. The maximum Gasteiger partial charge on any atom is 0.326 e. The van der Waals surface area contributed by atoms with E-state index in [1.165, 1.54) is 0 Å². The molecule has 174 valence electrons. The van der Waals surface area contributed by atoms with Gasteiger partial charge in [0.15, 0.2) is 0 Å². The molecular weight excluding hydrogens is 416 g/mol. The molecule has 3 atom stereocenters. The van der Waals surface area contributed by atoms with Crippen LogP contribution in [0.1, 0.15) is 31.2 Å². The standard InChI is InChI=1S/C21H30N6O5/c22-8-4-3-7-16(20(30)27-17(21(31)32)10-18(24)28)26-19(29)14(23)9-12-11-25-15-6-2-1-5-13(12)15/h1-2,5-6,11,14,16-17,25H,3-4,7-10,22-23H2,(H2,24,28)(H,26,29)(H,27,30)(H,31,32). The summed E-state index contributed by atoms with van der Waals surface area (Å²) in [5, 5.41) is 15.0. The van der Waals surface area contributed by atoms with E-state index in [0.717, 1.165) is 16.5 Å². The second-order valence-corrected chi connectivity index (χ2v) is 7.59. The molecule has 1 heterocycles. The highest BCUT2D eigenvalue weighted by Crippen LogP contribution is 2.18. The summed E-state index contributed by atoms with van der Waals surface area (Å²) in [6.07, 6.45) is 2.84. The fourth-order valence-electron chi connectivity index (χ4n) is 3.34. The Labute approximate surface area is 185 Å². The summed E-state index contributed by atoms with van der Waals surface area (Å²) in [7, 11) is 0. The van der Waals surface area contributed by atoms with E-state index in [0.29, 0.717) is 19.4 Å². The van der Waals surface area contributed by atoms with Crippen molar-refractivity contribution in [2.45, 2.75) is 50.2 Å². The van der Waals surface area contributed by atoms with Crippen LogP contribution in [0.25, 0.3) is 10.9 Å². The first-order valence-electron chi connectivity index (χ1n) is 10.4. The van der Waals surface area contributed by atoms with Crippen LogP contribution < -0.4 is 27.8 Å². The first kappa shape index (κ1) is 24.8. The molecule has 0 aliphatic heterocycles. The number of unbranched alkanes of at least 4 members (excludes halogenated alkanes) is 1. The Kier molecular flexibility index (Phi) is 9.17. The quantitative estimate of drug-likeness (QED) is 0.193. The number of fused-ring (bicyclic) bond motifs is 1. The van der Waals surface area contributed by atoms with Crippen LogP contribution in [0.3, 0.4) is 0 Å². The van der Waals surface area contributed by atoms with Crippen molar-refractivity contribution in [1.29, 1.82) is 0 Å². The molecule has 1 aromatic carbocycles. The van der Waals surface area contributed by atoms with Gasteiger partial charge in [-0.25, -0.2) is 4.79 Å². The molecule has 0 fully saturated rings. The predicted molar refractivity (Wildman–Crippen MR) is 118 cm³/mol. The third kappa shape index (κ3) is 7.06. The molecule has 3 unspecified atom stereocenters. The smallest absolute Gasteiger partial charge is 0.326 e. The van der Waals surface area contributed by atoms with Gasteiger partial charge in [-0.05, 0) is 43.9 Å². The van der Waals surface area contributed by atoms with Crippen molar-refractivity contribution in [3.63, 3.8) is 0 Å². The lowest BCUT2D eigenvalue weighted by Gasteiger charge is -2.22. The van der Waals surface area contributed by atoms with E-state index in [4.69, 9.17) is 17.2 Å². The van der Waals surface area contributed by atoms with Gasteiger partial charge in [0.05, 0.1) is 12.5 Å². The number of H-pyrrole nitrogens is 1. The zero-order valence-electron chi connectivity index (χ0n) is 17.7. The zero-order valence-corrected chi connectivity index (χ0v) is 17.7. The predicted octanol–water partition coefficient (Wildman–Crippen LogP) is -0.904. The van der Waals surface area contributed by atoms with E-state index in [1.807, 2.05) is 24.3 Å². The van der Waals surface area contributed by atoms with Gasteiger partial charge in [0.1, 0.15) is 12.1 Å². The Morgan fingerprint density at radius 2 is 1.72 bits per heavy atom. The minimum absolute atomic E-state index is 0.234. The highest BCUT2D eigenvalue weighted by Gasteiger charge is 2.28. The molecule has 11 heteroatoms. The summed E-state index contributed by atoms with van der Waals surface area (Å²) in [5.41, 5.74) is 18.4. The van der Waals surface area contributed by atoms with Crippen LogP contribution in [0.2, 0.25) is 0 Å². The van der Waals surface area contributed by atoms with Gasteiger partial charge >= 0.3 is 5.97 Å². The van der Waals surface area contributed by atoms with Gasteiger partial charge < -0.3 is 37.9 Å². The lowest BCUT2D eigenvalue weighted by atomic mass is 10.0. The highest BCUT2D eigenvalue weighted by molar-refractivity contribution is 5.93. The van der Waals surface area contributed by atoms with Crippen LogP contribution in [-0.2, 0) is 25.6 Å². The van der Waals surface area contributed by atoms with Gasteiger partial charge in [-0.15, -0.1) is 0 Å². The molecule has 1 aromatic heterocycles. The number of hydrogen-bond donors (Lipinski definition) is 7. The number of amides is 3. The number of carboxylic acids is 1. The van der Waals surface area contributed by atoms with Crippen LogP contribution in [-0.4, -0.2) is 58.5 Å². The van der Waals surface area contributed by atoms with Crippen molar-refractivity contribution >= 4 is 34.6 Å². The van der Waals surface area contributed by atoms with E-state index >= 15 is 0 Å². The molecule has 0 aliphatic rings. The molecular formula is C21H30N6O5. The van der Waals surface area contributed by atoms with Crippen LogP contribution in [0.5, 0.6) is 0 Å². The topological polar surface area (TPSA) is 206 Å². The molecule has 0 radical (unpaired) electrons. The lowest BCUT2D eigenvalue weighted by Crippen LogP contribution is -2.55. The monoisotopic (exact) mass is 446 g/mol. The number of aromatic amines is 1. The number of hydrogen-bond acceptors (Lipinski definition) is 6. The van der Waals surface area contributed by atoms with Crippen LogP contribution >= 0.6 is 0 Å². The van der Waals surface area contributed by atoms with Gasteiger partial charge in [0.2, 0.25) is 17.7 Å². The minimum atomic E-state index is -1.49. The molecule has 0 saturated heterocycles. The summed E-state index contributed by atoms with van der Waals surface area (Å²) in [5.74, 6) is -3.56. The number of aromatic nitrogens is 1. The fraction of sp³-hybridized carbons (Fsp3) is 0.429. The van der Waals surface area contributed by atoms with Gasteiger partial charge in [0, 0.05) is 17.1 Å². The second-order valence-electron chi connectivity index (χ2n) is 7.59. The number of carbonyl (C=O) groups is 4. The number of nitrogens with one attached hydrogen (secondary N) is 3. The summed E-state index contributed by atoms with van der Waals surface area (Å²) >= 11 is 0. The third-order valence-electron chi connectivity index (χ3n) is 5.05. The summed E-state index contributed by atoms with van der Waals surface area (Å²) in [4.78, 5) is 50.9. The van der Waals surface area contributed by atoms with Gasteiger partial charge in [-0.2, -0.15) is 0 Å². The Morgan fingerprint density at radius 3 is 2.38 bits per heavy atom. The normalized spacial score (nSPS) is 13.8. The molecule has 0 spiro atoms. The third-order valence-corrected chi connectivity index (χ3v) is 5.05. The van der Waals surface area contributed by atoms with Crippen molar-refractivity contribution in [2.24, 2.45) is 17.2 Å². The lowest BCUT2D eigenvalue weighted by molar-refractivity contribution is -0.143. The Hall–Kier alpha value is -3.44. The van der Waals surface area contributed by atoms with E-state index in [1.54, 1.807) is 6.20 Å². The maximum atomic E-state index is 12.7. The number of carbonyl (C=O) groups excluding carboxylic acids is 3. The number of carboxylic acid groups (broad SMARTS) is 1. The molecule has 0 saturated carbocycles. The van der Waals surface area contributed by atoms with Crippen molar-refractivity contribution < 1.29 is 24.3 Å². The number of nitrogens with two attached hydrogens (primary N) is 3. The Morgan fingerprint density at radius 1 is 1.03 bits per heavy atom. The summed E-state index contributed by atoms with van der Waals surface area (Å²) in [6, 6.07) is 4.15. The molecule has 10 N–H and O–H groups in total. The Balaban J connectivity index is 2.06.